The van der Waals surface area contributed by atoms with E-state index in [1.165, 1.54) is 200 Å². The standard InChI is InChI=1S/C17H38N.C16H16N4.C16H35N.C15H13N2.C14H14N.C9H14N.C8H11N/c1-5-9-13-17-18(14-10-6-2,15-11-7-3)16-12-8-4;1-18-16-6-12-20(13-7-16)9-3-2-8-19-10-4-15(14-17)5-11-19;1-4-7-10-12-15-17(14-9-6-3)16-13-11-8-5-2;1-2-13-3-5-15(6-4-13)12-17-9-7-14(11-16)8-10-17;1-2-13-6-8-14(9-7-13)12-15-10-4-3-5-11-15;1-10(2,3)9-7-5-4-6-8-9;1-9(2)8-6-4-3-5-7-8/h5-17H2,1-4H3;4-7,10-13H,2-3,8-9H2;4-16H2,1-3H3;2-10H,1,12H2;2-11H,1,12H2;4-8H,1-3H3;3-7H,1-2H3/q+1;+2;;3*+1;/p+2. The Morgan fingerprint density at radius 1 is 0.396 bits per heavy atom. The van der Waals surface area contributed by atoms with E-state index in [-0.39, 0.29) is 0 Å². The highest BCUT2D eigenvalue weighted by Crippen LogP contribution is 2.18. The van der Waals surface area contributed by atoms with Crippen LogP contribution in [0.3, 0.4) is 0 Å². The van der Waals surface area contributed by atoms with Gasteiger partial charge >= 0.3 is 0 Å². The molecule has 2 N–H and O–H groups in total. The average molecular weight is 1440 g/mol. The Kier molecular flexibility index (Phi) is 53.2. The first-order chi connectivity index (χ1) is 51.5. The molecule has 570 valence electrons. The first-order valence-electron chi connectivity index (χ1n) is 40.4. The van der Waals surface area contributed by atoms with Crippen molar-refractivity contribution in [2.75, 3.05) is 81.1 Å². The molecule has 0 saturated carbocycles. The van der Waals surface area contributed by atoms with Gasteiger partial charge in [-0.25, -0.2) is 23.1 Å². The van der Waals surface area contributed by atoms with E-state index in [4.69, 9.17) is 17.1 Å². The number of hydrogen-bond donors (Lipinski definition) is 2. The van der Waals surface area contributed by atoms with E-state index >= 15 is 0 Å². The number of rotatable bonds is 39. The Balaban J connectivity index is 0.000000425. The normalized spacial score (nSPS) is 10.6. The van der Waals surface area contributed by atoms with Crippen LogP contribution in [0.25, 0.3) is 17.0 Å². The molecule has 0 fully saturated rings. The second-order valence-electron chi connectivity index (χ2n) is 29.1. The molecule has 0 aliphatic carbocycles. The lowest BCUT2D eigenvalue weighted by Gasteiger charge is -2.39. The largest absolute Gasteiger partial charge is 0.335 e. The molecule has 4 heterocycles. The van der Waals surface area contributed by atoms with Crippen molar-refractivity contribution in [2.24, 2.45) is 0 Å². The zero-order chi connectivity index (χ0) is 77.6. The zero-order valence-electron chi connectivity index (χ0n) is 68.4. The number of nitriles is 2. The Morgan fingerprint density at radius 2 is 0.755 bits per heavy atom. The number of aryl methyl sites for hydroxylation is 2. The highest BCUT2D eigenvalue weighted by atomic mass is 15.3. The summed E-state index contributed by atoms with van der Waals surface area (Å²) in [6.07, 6.45) is 48.3. The van der Waals surface area contributed by atoms with E-state index in [1.807, 2.05) is 138 Å². The smallest absolute Gasteiger partial charge is 0.198 e. The van der Waals surface area contributed by atoms with Crippen molar-refractivity contribution in [3.8, 4) is 12.1 Å². The Morgan fingerprint density at radius 3 is 1.11 bits per heavy atom. The van der Waals surface area contributed by atoms with Gasteiger partial charge in [0, 0.05) is 72.5 Å². The predicted molar refractivity (Wildman–Crippen MR) is 450 cm³/mol. The molecule has 0 bridgehead atoms. The van der Waals surface area contributed by atoms with E-state index in [1.54, 1.807) is 0 Å². The van der Waals surface area contributed by atoms with Crippen LogP contribution in [-0.2, 0) is 26.2 Å². The first-order valence-corrected chi connectivity index (χ1v) is 40.4. The van der Waals surface area contributed by atoms with Gasteiger partial charge in [0.1, 0.15) is 24.5 Å². The summed E-state index contributed by atoms with van der Waals surface area (Å²) in [5, 5.41) is 17.4. The lowest BCUT2D eigenvalue weighted by atomic mass is 10.1. The highest BCUT2D eigenvalue weighted by molar-refractivity contribution is 5.48. The van der Waals surface area contributed by atoms with Crippen LogP contribution in [0.1, 0.15) is 217 Å². The number of para-hydroxylation sites is 2. The third-order valence-electron chi connectivity index (χ3n) is 18.8. The summed E-state index contributed by atoms with van der Waals surface area (Å²) in [7, 11) is 10.7. The summed E-state index contributed by atoms with van der Waals surface area (Å²) in [4.78, 5) is 6.62. The van der Waals surface area contributed by atoms with Gasteiger partial charge in [-0.1, -0.05) is 223 Å². The molecule has 11 nitrogen and oxygen atoms in total. The third-order valence-corrected chi connectivity index (χ3v) is 18.8. The fourth-order valence-electron chi connectivity index (χ4n) is 12.0. The third kappa shape index (κ3) is 44.9. The predicted octanol–water partition coefficient (Wildman–Crippen LogP) is 18.9. The summed E-state index contributed by atoms with van der Waals surface area (Å²) >= 11 is 0. The Bertz CT molecular complexity index is 3440. The van der Waals surface area contributed by atoms with E-state index < -0.39 is 0 Å². The number of aromatic nitrogens is 4. The van der Waals surface area contributed by atoms with Gasteiger partial charge in [0.05, 0.1) is 111 Å². The summed E-state index contributed by atoms with van der Waals surface area (Å²) in [6.45, 7) is 44.2. The SMILES string of the molecule is C=Cc1ccc(C[n+]2ccc(C#N)cc2)cc1.C=Cc1ccc(C[n+]2ccccc2)cc1.CCCCCC[NH+](CCCC)CCCCCC.CCCCC[N+](CCCC)(CCCC)CCCC.C[N+](C)(C)c1ccccc1.C[NH+](C)c1ccccc1.[C-]#[N+]c1cc[n+](CCCC[n+]2ccc(C#N)cc2)cc1. The van der Waals surface area contributed by atoms with Gasteiger partial charge in [0.15, 0.2) is 68.4 Å². The zero-order valence-corrected chi connectivity index (χ0v) is 68.4. The minimum atomic E-state index is 0.675. The molecule has 8 rings (SSSR count). The molecular weight excluding hydrogens is 1300 g/mol. The number of quaternary nitrogens is 4. The van der Waals surface area contributed by atoms with Gasteiger partial charge in [-0.3, -0.25) is 4.48 Å². The second kappa shape index (κ2) is 60.4. The molecule has 0 saturated heterocycles. The van der Waals surface area contributed by atoms with Gasteiger partial charge in [-0.2, -0.15) is 10.5 Å². The van der Waals surface area contributed by atoms with Crippen LogP contribution in [0.15, 0.2) is 227 Å². The number of nitrogens with one attached hydrogen (secondary N) is 2. The van der Waals surface area contributed by atoms with Crippen LogP contribution >= 0.6 is 0 Å². The van der Waals surface area contributed by atoms with Crippen LogP contribution in [-0.4, -0.2) is 85.5 Å². The fourth-order valence-corrected chi connectivity index (χ4v) is 12.0. The van der Waals surface area contributed by atoms with Crippen molar-refractivity contribution >= 4 is 29.2 Å². The average Bonchev–Trinajstić information content (AvgIpc) is 0.867. The lowest BCUT2D eigenvalue weighted by Crippen LogP contribution is -3.12. The van der Waals surface area contributed by atoms with Crippen LogP contribution < -0.4 is 32.6 Å². The number of benzene rings is 4. The van der Waals surface area contributed by atoms with Crippen molar-refractivity contribution in [3.05, 3.63) is 271 Å². The van der Waals surface area contributed by atoms with Gasteiger partial charge in [-0.15, -0.1) is 0 Å². The van der Waals surface area contributed by atoms with E-state index in [0.29, 0.717) is 16.8 Å². The Labute approximate surface area is 647 Å². The second-order valence-corrected chi connectivity index (χ2v) is 29.1. The fraction of sp³-hybridized carbons (Fsp3) is 0.463. The van der Waals surface area contributed by atoms with E-state index in [9.17, 15) is 0 Å². The Hall–Kier alpha value is -8.73. The maximum atomic E-state index is 8.73. The quantitative estimate of drug-likeness (QED) is 0.0174. The molecule has 0 amide bonds. The number of hydrogen-bond acceptors (Lipinski definition) is 2. The number of pyridine rings is 4. The lowest BCUT2D eigenvalue weighted by molar-refractivity contribution is -0.929. The van der Waals surface area contributed by atoms with Gasteiger partial charge in [0.25, 0.3) is 0 Å². The van der Waals surface area contributed by atoms with Crippen molar-refractivity contribution < 1.29 is 32.6 Å². The van der Waals surface area contributed by atoms with Crippen LogP contribution in [0, 0.1) is 29.2 Å². The molecular formula is C95H143N11+8. The van der Waals surface area contributed by atoms with Crippen LogP contribution in [0.2, 0.25) is 0 Å². The molecule has 0 radical (unpaired) electrons. The van der Waals surface area contributed by atoms with Crippen molar-refractivity contribution in [3.63, 3.8) is 0 Å². The van der Waals surface area contributed by atoms with Gasteiger partial charge in [-0.05, 0) is 99.6 Å². The molecule has 4 aromatic heterocycles. The number of unbranched alkanes of at least 4 members (excludes halogenated alkanes) is 13. The molecule has 0 aliphatic rings. The highest BCUT2D eigenvalue weighted by Gasteiger charge is 2.25. The topological polar surface area (TPSA) is 76.3 Å². The van der Waals surface area contributed by atoms with Crippen molar-refractivity contribution in [2.45, 2.75) is 209 Å². The monoisotopic (exact) mass is 1440 g/mol. The van der Waals surface area contributed by atoms with E-state index in [2.05, 4.69) is 225 Å². The van der Waals surface area contributed by atoms with Crippen molar-refractivity contribution in [1.82, 2.24) is 4.48 Å². The van der Waals surface area contributed by atoms with Crippen LogP contribution in [0.5, 0.6) is 0 Å². The molecule has 106 heavy (non-hydrogen) atoms. The molecule has 0 spiro atoms. The molecule has 0 aliphatic heterocycles. The van der Waals surface area contributed by atoms with Gasteiger partial charge < -0.3 is 14.3 Å². The summed E-state index contributed by atoms with van der Waals surface area (Å²) in [5.41, 5.74) is 9.53. The summed E-state index contributed by atoms with van der Waals surface area (Å²) in [6, 6.07) is 58.9. The molecule has 8 aromatic rings. The van der Waals surface area contributed by atoms with E-state index in [0.717, 1.165) is 54.6 Å². The molecule has 11 heteroatoms. The minimum absolute atomic E-state index is 0.675. The minimum Gasteiger partial charge on any atom is -0.335 e. The maximum Gasteiger partial charge on any atom is 0.198 e. The van der Waals surface area contributed by atoms with Gasteiger partial charge in [0.2, 0.25) is 0 Å². The van der Waals surface area contributed by atoms with Crippen molar-refractivity contribution in [1.29, 1.82) is 10.5 Å². The molecule has 0 atom stereocenters. The molecule has 0 unspecified atom stereocenters. The maximum absolute atomic E-state index is 8.73. The first kappa shape index (κ1) is 93.4. The van der Waals surface area contributed by atoms with Crippen LogP contribution in [0.4, 0.5) is 17.1 Å². The summed E-state index contributed by atoms with van der Waals surface area (Å²) < 4.78 is 10.7. The number of nitrogens with zero attached hydrogens (tertiary/aromatic N) is 9. The molecule has 4 aromatic carbocycles. The summed E-state index contributed by atoms with van der Waals surface area (Å²) in [5.74, 6) is 0.